The van der Waals surface area contributed by atoms with Gasteiger partial charge in [0.25, 0.3) is 23.6 Å². The van der Waals surface area contributed by atoms with E-state index in [9.17, 15) is 19.2 Å². The van der Waals surface area contributed by atoms with Gasteiger partial charge < -0.3 is 0 Å². The largest absolute Gasteiger partial charge is 0.288 e. The maximum Gasteiger partial charge on any atom is 0.259 e. The lowest BCUT2D eigenvalue weighted by Crippen LogP contribution is -2.36. The fourth-order valence-corrected chi connectivity index (χ4v) is 8.20. The zero-order valence-electron chi connectivity index (χ0n) is 20.5. The van der Waals surface area contributed by atoms with Crippen LogP contribution in [0.1, 0.15) is 86.0 Å². The Balaban J connectivity index is 1.84. The Hall–Kier alpha value is -3.36. The normalized spacial score (nSPS) is 15.7. The number of hydrogen-bond acceptors (Lipinski definition) is 4. The van der Waals surface area contributed by atoms with Gasteiger partial charge in [-0.15, -0.1) is 0 Å². The summed E-state index contributed by atoms with van der Waals surface area (Å²) < 4.78 is 1.52. The second-order valence-electron chi connectivity index (χ2n) is 10.0. The Labute approximate surface area is 233 Å². The number of rotatable bonds is 4. The summed E-state index contributed by atoms with van der Waals surface area (Å²) in [5.41, 5.74) is 2.80. The molecule has 188 valence electrons. The maximum absolute atomic E-state index is 13.5. The average Bonchev–Trinajstić information content (AvgIpc) is 2.89. The molecule has 0 bridgehead atoms. The van der Waals surface area contributed by atoms with E-state index in [0.29, 0.717) is 37.5 Å². The molecule has 0 radical (unpaired) electrons. The highest BCUT2D eigenvalue weighted by molar-refractivity contribution is 9.11. The molecule has 5 aromatic carbocycles. The number of hydrogen-bond donors (Lipinski definition) is 2. The predicted octanol–water partition coefficient (Wildman–Crippen LogP) is 7.32. The zero-order chi connectivity index (χ0) is 26.6. The van der Waals surface area contributed by atoms with Gasteiger partial charge in [-0.05, 0) is 74.6 Å². The summed E-state index contributed by atoms with van der Waals surface area (Å²) in [5.74, 6) is -1.55. The lowest BCUT2D eigenvalue weighted by atomic mass is 9.78. The van der Waals surface area contributed by atoms with Crippen molar-refractivity contribution >= 4 is 98.6 Å². The molecule has 0 spiro atoms. The molecule has 4 amide bonds. The topological polar surface area (TPSA) is 92.3 Å². The molecule has 0 saturated heterocycles. The lowest BCUT2D eigenvalue weighted by Gasteiger charge is -2.29. The number of amides is 4. The van der Waals surface area contributed by atoms with E-state index in [2.05, 4.69) is 56.3 Å². The number of carbonyl (C=O) groups is 4. The standard InChI is InChI=1S/C30H20Br2N2O4/c1-3-5-11(4-2)18-25-22-16(29(37)34-30(25)38)10-17(31)21-12-6-8-14-20-15(28(36)33-27(14)35)9-7-13(19(12)20)23(24(21)22)26(18)32/h6-11H,3-5H2,1-2H3,(H,33,35,36)(H,34,37,38). The number of nitrogens with one attached hydrogen (secondary N) is 2. The molecular weight excluding hydrogens is 612 g/mol. The van der Waals surface area contributed by atoms with Gasteiger partial charge in [-0.1, -0.05) is 48.3 Å². The van der Waals surface area contributed by atoms with Crippen molar-refractivity contribution in [2.45, 2.75) is 39.0 Å². The molecule has 2 N–H and O–H groups in total. The van der Waals surface area contributed by atoms with Crippen molar-refractivity contribution in [2.75, 3.05) is 0 Å². The summed E-state index contributed by atoms with van der Waals surface area (Å²) in [7, 11) is 0. The Kier molecular flexibility index (Phi) is 5.04. The van der Waals surface area contributed by atoms with Crippen LogP contribution < -0.4 is 10.6 Å². The molecule has 0 fully saturated rings. The van der Waals surface area contributed by atoms with Gasteiger partial charge in [0.2, 0.25) is 0 Å². The number of imide groups is 2. The second kappa shape index (κ2) is 8.07. The minimum Gasteiger partial charge on any atom is -0.288 e. The van der Waals surface area contributed by atoms with Gasteiger partial charge in [-0.2, -0.15) is 0 Å². The van der Waals surface area contributed by atoms with Crippen LogP contribution in [0, 0.1) is 0 Å². The highest BCUT2D eigenvalue weighted by atomic mass is 79.9. The average molecular weight is 632 g/mol. The molecule has 0 saturated carbocycles. The number of halogens is 2. The third-order valence-electron chi connectivity index (χ3n) is 8.16. The molecule has 2 aliphatic rings. The molecule has 8 heteroatoms. The quantitative estimate of drug-likeness (QED) is 0.123. The minimum atomic E-state index is -0.421. The Morgan fingerprint density at radius 2 is 1.29 bits per heavy atom. The summed E-state index contributed by atoms with van der Waals surface area (Å²) in [4.78, 5) is 52.2. The molecule has 0 aliphatic carbocycles. The van der Waals surface area contributed by atoms with Gasteiger partial charge in [0.05, 0.1) is 5.56 Å². The van der Waals surface area contributed by atoms with Crippen LogP contribution in [0.2, 0.25) is 0 Å². The Morgan fingerprint density at radius 1 is 0.684 bits per heavy atom. The van der Waals surface area contributed by atoms with Crippen LogP contribution in [0.5, 0.6) is 0 Å². The molecular formula is C30H20Br2N2O4. The van der Waals surface area contributed by atoms with Crippen LogP contribution in [0.25, 0.3) is 43.1 Å². The van der Waals surface area contributed by atoms with E-state index >= 15 is 0 Å². The highest BCUT2D eigenvalue weighted by Gasteiger charge is 2.36. The summed E-state index contributed by atoms with van der Waals surface area (Å²) in [6.07, 6.45) is 2.66. The third kappa shape index (κ3) is 2.82. The monoisotopic (exact) mass is 630 g/mol. The van der Waals surface area contributed by atoms with Crippen molar-refractivity contribution in [1.82, 2.24) is 10.6 Å². The van der Waals surface area contributed by atoms with E-state index in [1.165, 1.54) is 0 Å². The first-order valence-corrected chi connectivity index (χ1v) is 14.2. The van der Waals surface area contributed by atoms with E-state index in [1.54, 1.807) is 18.2 Å². The lowest BCUT2D eigenvalue weighted by molar-refractivity contribution is 0.0828. The predicted molar refractivity (Wildman–Crippen MR) is 155 cm³/mol. The molecule has 7 rings (SSSR count). The first-order chi connectivity index (χ1) is 18.3. The third-order valence-corrected chi connectivity index (χ3v) is 9.61. The van der Waals surface area contributed by atoms with Gasteiger partial charge in [0, 0.05) is 52.6 Å². The molecule has 1 atom stereocenters. The molecule has 38 heavy (non-hydrogen) atoms. The van der Waals surface area contributed by atoms with E-state index in [4.69, 9.17) is 0 Å². The Bertz CT molecular complexity index is 1960. The van der Waals surface area contributed by atoms with Crippen LogP contribution in [0.4, 0.5) is 0 Å². The van der Waals surface area contributed by atoms with Gasteiger partial charge in [-0.3, -0.25) is 29.8 Å². The van der Waals surface area contributed by atoms with Crippen molar-refractivity contribution in [3.63, 3.8) is 0 Å². The number of benzene rings is 5. The van der Waals surface area contributed by atoms with Crippen molar-refractivity contribution in [3.05, 3.63) is 67.1 Å². The van der Waals surface area contributed by atoms with Crippen molar-refractivity contribution in [3.8, 4) is 0 Å². The summed E-state index contributed by atoms with van der Waals surface area (Å²) in [6, 6.07) is 9.09. The fraction of sp³-hybridized carbons (Fsp3) is 0.200. The van der Waals surface area contributed by atoms with Crippen molar-refractivity contribution in [1.29, 1.82) is 0 Å². The van der Waals surface area contributed by atoms with Gasteiger partial charge in [0.1, 0.15) is 0 Å². The van der Waals surface area contributed by atoms with Crippen LogP contribution >= 0.6 is 31.9 Å². The molecule has 2 heterocycles. The fourth-order valence-electron chi connectivity index (χ4n) is 6.63. The number of carbonyl (C=O) groups excluding carboxylic acids is 4. The minimum absolute atomic E-state index is 0.0951. The first-order valence-electron chi connectivity index (χ1n) is 12.6. The van der Waals surface area contributed by atoms with E-state index < -0.39 is 17.7 Å². The smallest absolute Gasteiger partial charge is 0.259 e. The molecule has 6 nitrogen and oxygen atoms in total. The molecule has 1 unspecified atom stereocenters. The number of fused-ring (bicyclic) bond motifs is 2. The van der Waals surface area contributed by atoms with Crippen LogP contribution in [0.3, 0.4) is 0 Å². The van der Waals surface area contributed by atoms with Crippen molar-refractivity contribution < 1.29 is 19.2 Å². The highest BCUT2D eigenvalue weighted by Crippen LogP contribution is 2.52. The van der Waals surface area contributed by atoms with Crippen LogP contribution in [0.15, 0.2) is 39.3 Å². The van der Waals surface area contributed by atoms with E-state index in [0.717, 1.165) is 61.6 Å². The van der Waals surface area contributed by atoms with Crippen LogP contribution in [-0.4, -0.2) is 23.6 Å². The summed E-state index contributed by atoms with van der Waals surface area (Å²) in [6.45, 7) is 4.23. The molecule has 5 aromatic rings. The molecule has 2 aliphatic heterocycles. The summed E-state index contributed by atoms with van der Waals surface area (Å²) in [5, 5.41) is 11.4. The van der Waals surface area contributed by atoms with E-state index in [-0.39, 0.29) is 11.8 Å². The Morgan fingerprint density at radius 3 is 1.92 bits per heavy atom. The maximum atomic E-state index is 13.5. The van der Waals surface area contributed by atoms with Gasteiger partial charge in [0.15, 0.2) is 0 Å². The SMILES string of the molecule is CCCC(CC)c1c2c3c(cc(Br)c4c5ccc6c7c(ccc(c(c1Br)c34)c75)C(=O)NC6=O)C(=O)NC2=O. The van der Waals surface area contributed by atoms with Gasteiger partial charge in [-0.25, -0.2) is 0 Å². The first kappa shape index (κ1) is 23.7. The molecule has 0 aromatic heterocycles. The van der Waals surface area contributed by atoms with Gasteiger partial charge >= 0.3 is 0 Å². The summed E-state index contributed by atoms with van der Waals surface area (Å²) >= 11 is 7.65. The van der Waals surface area contributed by atoms with Crippen molar-refractivity contribution in [2.24, 2.45) is 0 Å². The second-order valence-corrected chi connectivity index (χ2v) is 11.7. The zero-order valence-corrected chi connectivity index (χ0v) is 23.6. The van der Waals surface area contributed by atoms with E-state index in [1.807, 2.05) is 12.1 Å². The van der Waals surface area contributed by atoms with Crippen LogP contribution in [-0.2, 0) is 0 Å².